The Bertz CT molecular complexity index is 574. The van der Waals surface area contributed by atoms with E-state index < -0.39 is 0 Å². The van der Waals surface area contributed by atoms with Gasteiger partial charge in [-0.2, -0.15) is 0 Å². The number of aryl methyl sites for hydroxylation is 2. The third-order valence-corrected chi connectivity index (χ3v) is 7.51. The molecule has 0 atom stereocenters. The molecule has 112 valence electrons. The monoisotopic (exact) mass is 298 g/mol. The highest BCUT2D eigenvalue weighted by atomic mass is 31.1. The standard InChI is InChI=1S/C20H27P/c1-14(2)13-21(19-11-7-9-15(3)17(19)5)20-12-8-10-16(4)18(20)6/h7-12,14H,13H2,1-6H3. The summed E-state index contributed by atoms with van der Waals surface area (Å²) in [6.07, 6.45) is 1.27. The van der Waals surface area contributed by atoms with E-state index in [0.717, 1.165) is 5.92 Å². The molecule has 0 radical (unpaired) electrons. The van der Waals surface area contributed by atoms with Gasteiger partial charge in [0.15, 0.2) is 0 Å². The summed E-state index contributed by atoms with van der Waals surface area (Å²) in [4.78, 5) is 0. The molecular weight excluding hydrogens is 271 g/mol. The van der Waals surface area contributed by atoms with Crippen LogP contribution in [-0.2, 0) is 0 Å². The second-order valence-electron chi connectivity index (χ2n) is 6.44. The molecule has 0 aliphatic carbocycles. The lowest BCUT2D eigenvalue weighted by Crippen LogP contribution is -2.21. The van der Waals surface area contributed by atoms with Gasteiger partial charge in [-0.1, -0.05) is 50.2 Å². The van der Waals surface area contributed by atoms with Crippen molar-refractivity contribution in [3.63, 3.8) is 0 Å². The van der Waals surface area contributed by atoms with Crippen molar-refractivity contribution < 1.29 is 0 Å². The summed E-state index contributed by atoms with van der Waals surface area (Å²) in [7, 11) is -0.264. The van der Waals surface area contributed by atoms with Crippen molar-refractivity contribution in [2.75, 3.05) is 6.16 Å². The van der Waals surface area contributed by atoms with Crippen LogP contribution in [0.5, 0.6) is 0 Å². The van der Waals surface area contributed by atoms with E-state index in [0.29, 0.717) is 0 Å². The summed E-state index contributed by atoms with van der Waals surface area (Å²) < 4.78 is 0. The molecule has 0 aliphatic rings. The highest BCUT2D eigenvalue weighted by molar-refractivity contribution is 7.73. The topological polar surface area (TPSA) is 0 Å². The zero-order chi connectivity index (χ0) is 15.6. The first-order chi connectivity index (χ1) is 9.91. The fraction of sp³-hybridized carbons (Fsp3) is 0.400. The lowest BCUT2D eigenvalue weighted by Gasteiger charge is -2.25. The van der Waals surface area contributed by atoms with Gasteiger partial charge in [-0.3, -0.25) is 0 Å². The van der Waals surface area contributed by atoms with Crippen LogP contribution < -0.4 is 10.6 Å². The Morgan fingerprint density at radius 1 is 0.762 bits per heavy atom. The summed E-state index contributed by atoms with van der Waals surface area (Å²) in [5, 5.41) is 3.12. The first-order valence-electron chi connectivity index (χ1n) is 7.81. The second kappa shape index (κ2) is 6.75. The van der Waals surface area contributed by atoms with Crippen LogP contribution in [0, 0.1) is 33.6 Å². The third kappa shape index (κ3) is 3.55. The molecule has 2 aromatic carbocycles. The largest absolute Gasteiger partial charge is 0.0624 e. The van der Waals surface area contributed by atoms with Gasteiger partial charge in [-0.05, 0) is 80.6 Å². The van der Waals surface area contributed by atoms with Gasteiger partial charge in [0.05, 0.1) is 0 Å². The summed E-state index contributed by atoms with van der Waals surface area (Å²) in [5.41, 5.74) is 5.78. The van der Waals surface area contributed by atoms with Crippen molar-refractivity contribution in [1.29, 1.82) is 0 Å². The molecule has 0 aliphatic heterocycles. The molecule has 2 rings (SSSR count). The summed E-state index contributed by atoms with van der Waals surface area (Å²) in [6.45, 7) is 13.7. The minimum atomic E-state index is -0.264. The minimum Gasteiger partial charge on any atom is -0.0624 e. The van der Waals surface area contributed by atoms with Gasteiger partial charge in [0.1, 0.15) is 0 Å². The molecule has 0 spiro atoms. The molecular formula is C20H27P. The van der Waals surface area contributed by atoms with Crippen LogP contribution in [0.4, 0.5) is 0 Å². The Morgan fingerprint density at radius 2 is 1.19 bits per heavy atom. The fourth-order valence-electron chi connectivity index (χ4n) is 2.75. The van der Waals surface area contributed by atoms with Gasteiger partial charge in [-0.25, -0.2) is 0 Å². The maximum atomic E-state index is 2.35. The van der Waals surface area contributed by atoms with E-state index in [9.17, 15) is 0 Å². The first kappa shape index (κ1) is 16.2. The van der Waals surface area contributed by atoms with Gasteiger partial charge in [-0.15, -0.1) is 0 Å². The van der Waals surface area contributed by atoms with E-state index in [4.69, 9.17) is 0 Å². The molecule has 0 aromatic heterocycles. The average molecular weight is 298 g/mol. The van der Waals surface area contributed by atoms with Crippen molar-refractivity contribution in [2.24, 2.45) is 5.92 Å². The Labute approximate surface area is 131 Å². The van der Waals surface area contributed by atoms with Crippen LogP contribution >= 0.6 is 7.92 Å². The van der Waals surface area contributed by atoms with Crippen LogP contribution in [0.15, 0.2) is 36.4 Å². The predicted molar refractivity (Wildman–Crippen MR) is 97.7 cm³/mol. The Morgan fingerprint density at radius 3 is 1.57 bits per heavy atom. The molecule has 0 amide bonds. The zero-order valence-electron chi connectivity index (χ0n) is 14.2. The molecule has 0 saturated carbocycles. The first-order valence-corrected chi connectivity index (χ1v) is 9.34. The van der Waals surface area contributed by atoms with Crippen LogP contribution in [0.25, 0.3) is 0 Å². The highest BCUT2D eigenvalue weighted by Crippen LogP contribution is 2.38. The van der Waals surface area contributed by atoms with Gasteiger partial charge in [0.25, 0.3) is 0 Å². The van der Waals surface area contributed by atoms with E-state index in [2.05, 4.69) is 77.9 Å². The average Bonchev–Trinajstić information content (AvgIpc) is 2.43. The molecule has 0 nitrogen and oxygen atoms in total. The van der Waals surface area contributed by atoms with E-state index in [1.54, 1.807) is 10.6 Å². The van der Waals surface area contributed by atoms with Crippen molar-refractivity contribution >= 4 is 18.5 Å². The zero-order valence-corrected chi connectivity index (χ0v) is 15.1. The number of rotatable bonds is 4. The SMILES string of the molecule is Cc1cccc(P(CC(C)C)c2cccc(C)c2C)c1C. The van der Waals surface area contributed by atoms with Crippen molar-refractivity contribution in [3.05, 3.63) is 58.7 Å². The lowest BCUT2D eigenvalue weighted by atomic mass is 10.1. The normalized spacial score (nSPS) is 11.4. The second-order valence-corrected chi connectivity index (χ2v) is 8.63. The summed E-state index contributed by atoms with van der Waals surface area (Å²) in [5.74, 6) is 0.718. The van der Waals surface area contributed by atoms with Crippen molar-refractivity contribution in [3.8, 4) is 0 Å². The maximum Gasteiger partial charge on any atom is -0.0163 e. The molecule has 0 fully saturated rings. The van der Waals surface area contributed by atoms with Crippen molar-refractivity contribution in [2.45, 2.75) is 41.5 Å². The summed E-state index contributed by atoms with van der Waals surface area (Å²) >= 11 is 0. The number of hydrogen-bond acceptors (Lipinski definition) is 0. The molecule has 1 heteroatoms. The van der Waals surface area contributed by atoms with Crippen LogP contribution in [0.3, 0.4) is 0 Å². The van der Waals surface area contributed by atoms with Gasteiger partial charge in [0.2, 0.25) is 0 Å². The Kier molecular flexibility index (Phi) is 5.22. The molecule has 0 heterocycles. The molecule has 0 unspecified atom stereocenters. The summed E-state index contributed by atoms with van der Waals surface area (Å²) in [6, 6.07) is 13.6. The predicted octanol–water partition coefficient (Wildman–Crippen LogP) is 5.01. The van der Waals surface area contributed by atoms with E-state index >= 15 is 0 Å². The van der Waals surface area contributed by atoms with Crippen molar-refractivity contribution in [1.82, 2.24) is 0 Å². The van der Waals surface area contributed by atoms with E-state index in [-0.39, 0.29) is 7.92 Å². The Balaban J connectivity index is 2.58. The van der Waals surface area contributed by atoms with Crippen LogP contribution in [0.2, 0.25) is 0 Å². The molecule has 0 N–H and O–H groups in total. The van der Waals surface area contributed by atoms with Gasteiger partial charge < -0.3 is 0 Å². The van der Waals surface area contributed by atoms with E-state index in [1.807, 2.05) is 0 Å². The maximum absolute atomic E-state index is 2.35. The highest BCUT2D eigenvalue weighted by Gasteiger charge is 2.20. The molecule has 2 aromatic rings. The lowest BCUT2D eigenvalue weighted by molar-refractivity contribution is 0.747. The van der Waals surface area contributed by atoms with Gasteiger partial charge >= 0.3 is 0 Å². The van der Waals surface area contributed by atoms with E-state index in [1.165, 1.54) is 28.4 Å². The fourth-order valence-corrected chi connectivity index (χ4v) is 5.83. The van der Waals surface area contributed by atoms with Gasteiger partial charge in [0, 0.05) is 0 Å². The molecule has 0 bridgehead atoms. The third-order valence-electron chi connectivity index (χ3n) is 4.28. The quantitative estimate of drug-likeness (QED) is 0.696. The number of hydrogen-bond donors (Lipinski definition) is 0. The molecule has 21 heavy (non-hydrogen) atoms. The van der Waals surface area contributed by atoms with Crippen LogP contribution in [-0.4, -0.2) is 6.16 Å². The molecule has 0 saturated heterocycles. The van der Waals surface area contributed by atoms with Crippen LogP contribution in [0.1, 0.15) is 36.1 Å². The number of benzene rings is 2. The Hall–Kier alpha value is -1.13. The minimum absolute atomic E-state index is 0.264. The smallest absolute Gasteiger partial charge is 0.0163 e.